The first-order valence-corrected chi connectivity index (χ1v) is 17.2. The predicted molar refractivity (Wildman–Crippen MR) is 163 cm³/mol. The Morgan fingerprint density at radius 3 is 2.29 bits per heavy atom. The van der Waals surface area contributed by atoms with E-state index in [0.717, 1.165) is 88.9 Å². The third-order valence-electron chi connectivity index (χ3n) is 10.5. The Balaban J connectivity index is 1.07. The Labute approximate surface area is 250 Å². The molecule has 2 heterocycles. The van der Waals surface area contributed by atoms with Crippen LogP contribution in [0.15, 0.2) is 59.5 Å². The minimum atomic E-state index is -3.14. The molecule has 2 aliphatic heterocycles. The number of hydrogen-bond donors (Lipinski definition) is 0. The van der Waals surface area contributed by atoms with Crippen LogP contribution >= 0.6 is 0 Å². The number of nitrogens with zero attached hydrogens (tertiary/aromatic N) is 3. The molecule has 224 valence electrons. The lowest BCUT2D eigenvalue weighted by Crippen LogP contribution is -2.54. The summed E-state index contributed by atoms with van der Waals surface area (Å²) in [6, 6.07) is 20.7. The highest BCUT2D eigenvalue weighted by Gasteiger charge is 2.52. The molecule has 3 atom stereocenters. The molecule has 0 bridgehead atoms. The van der Waals surface area contributed by atoms with Crippen LogP contribution in [0.2, 0.25) is 0 Å². The van der Waals surface area contributed by atoms with Crippen molar-refractivity contribution in [2.24, 2.45) is 23.7 Å². The van der Waals surface area contributed by atoms with E-state index in [-0.39, 0.29) is 29.0 Å². The number of hydrogen-bond acceptors (Lipinski definition) is 7. The van der Waals surface area contributed by atoms with Crippen molar-refractivity contribution in [3.63, 3.8) is 0 Å². The summed E-state index contributed by atoms with van der Waals surface area (Å²) in [6.07, 6.45) is 6.95. The van der Waals surface area contributed by atoms with Gasteiger partial charge in [-0.15, -0.1) is 0 Å². The zero-order valence-corrected chi connectivity index (χ0v) is 25.5. The van der Waals surface area contributed by atoms with Crippen molar-refractivity contribution >= 4 is 21.5 Å². The van der Waals surface area contributed by atoms with E-state index in [1.165, 1.54) is 7.11 Å². The summed E-state index contributed by atoms with van der Waals surface area (Å²) in [7, 11) is -1.69. The highest BCUT2D eigenvalue weighted by atomic mass is 32.2. The molecule has 2 saturated carbocycles. The minimum Gasteiger partial charge on any atom is -0.469 e. The van der Waals surface area contributed by atoms with Crippen LogP contribution in [-0.2, 0) is 24.8 Å². The van der Waals surface area contributed by atoms with Crippen LogP contribution in [0.5, 0.6) is 0 Å². The van der Waals surface area contributed by atoms with E-state index in [4.69, 9.17) is 4.74 Å². The van der Waals surface area contributed by atoms with Gasteiger partial charge < -0.3 is 14.5 Å². The third-order valence-corrected chi connectivity index (χ3v) is 12.8. The van der Waals surface area contributed by atoms with Crippen molar-refractivity contribution in [3.05, 3.63) is 60.2 Å². The molecule has 2 saturated heterocycles. The van der Waals surface area contributed by atoms with Gasteiger partial charge in [-0.05, 0) is 99.2 Å². The summed E-state index contributed by atoms with van der Waals surface area (Å²) in [5.41, 5.74) is 1.62. The maximum atomic E-state index is 12.5. The minimum absolute atomic E-state index is 0.159. The Morgan fingerprint density at radius 2 is 1.67 bits per heavy atom. The van der Waals surface area contributed by atoms with Gasteiger partial charge in [0.05, 0.1) is 28.7 Å². The maximum absolute atomic E-state index is 12.5. The van der Waals surface area contributed by atoms with Crippen LogP contribution in [0.3, 0.4) is 0 Å². The number of anilines is 1. The molecule has 0 aromatic heterocycles. The maximum Gasteiger partial charge on any atom is 0.305 e. The second kappa shape index (κ2) is 12.0. The van der Waals surface area contributed by atoms with Crippen LogP contribution in [0.4, 0.5) is 5.69 Å². The summed E-state index contributed by atoms with van der Waals surface area (Å²) < 4.78 is 30.0. The number of benzene rings is 2. The lowest BCUT2D eigenvalue weighted by atomic mass is 9.58. The Bertz CT molecular complexity index is 1390. The van der Waals surface area contributed by atoms with Gasteiger partial charge in [0.25, 0.3) is 0 Å². The molecule has 0 radical (unpaired) electrons. The molecular formula is C34H43N3O4S. The lowest BCUT2D eigenvalue weighted by Gasteiger charge is -2.48. The van der Waals surface area contributed by atoms with Crippen molar-refractivity contribution in [3.8, 4) is 6.07 Å². The number of nitriles is 1. The molecule has 2 aliphatic carbocycles. The van der Waals surface area contributed by atoms with E-state index in [1.54, 1.807) is 12.1 Å². The molecular weight excluding hydrogens is 546 g/mol. The topological polar surface area (TPSA) is 90.7 Å². The Morgan fingerprint density at radius 1 is 0.976 bits per heavy atom. The normalized spacial score (nSPS) is 25.4. The van der Waals surface area contributed by atoms with E-state index >= 15 is 0 Å². The van der Waals surface area contributed by atoms with Crippen molar-refractivity contribution in [1.82, 2.24) is 4.90 Å². The van der Waals surface area contributed by atoms with E-state index in [2.05, 4.69) is 28.0 Å². The summed E-state index contributed by atoms with van der Waals surface area (Å²) in [6.45, 7) is 4.99. The van der Waals surface area contributed by atoms with Gasteiger partial charge in [-0.1, -0.05) is 36.8 Å². The molecule has 0 N–H and O–H groups in total. The van der Waals surface area contributed by atoms with Gasteiger partial charge in [0.15, 0.2) is 9.84 Å². The number of esters is 1. The SMILES string of the molecule is COC(=O)C[C@@H]1CCC[C@@H]1C(C#N)(c1ccccc1)C1CCN(CC2CN(c3ccc(S(=O)(=O)C4CC4)cc3)C2)CC1. The van der Waals surface area contributed by atoms with Gasteiger partial charge in [-0.2, -0.15) is 5.26 Å². The monoisotopic (exact) mass is 589 g/mol. The van der Waals surface area contributed by atoms with Gasteiger partial charge in [0.2, 0.25) is 0 Å². The number of rotatable bonds is 10. The van der Waals surface area contributed by atoms with E-state index in [0.29, 0.717) is 17.2 Å². The fourth-order valence-electron chi connectivity index (χ4n) is 8.13. The fourth-order valence-corrected chi connectivity index (χ4v) is 9.79. The van der Waals surface area contributed by atoms with Crippen LogP contribution in [0, 0.1) is 35.0 Å². The molecule has 4 fully saturated rings. The number of likely N-dealkylation sites (tertiary alicyclic amines) is 1. The van der Waals surface area contributed by atoms with Crippen LogP contribution < -0.4 is 4.90 Å². The van der Waals surface area contributed by atoms with Crippen molar-refractivity contribution in [2.45, 2.75) is 66.9 Å². The Kier molecular flexibility index (Phi) is 8.35. The molecule has 0 spiro atoms. The quantitative estimate of drug-likeness (QED) is 0.351. The number of ether oxygens (including phenoxy) is 1. The fraction of sp³-hybridized carbons (Fsp3) is 0.588. The van der Waals surface area contributed by atoms with E-state index in [1.807, 2.05) is 30.3 Å². The molecule has 42 heavy (non-hydrogen) atoms. The summed E-state index contributed by atoms with van der Waals surface area (Å²) in [5, 5.41) is 10.7. The van der Waals surface area contributed by atoms with E-state index in [9.17, 15) is 18.5 Å². The molecule has 1 unspecified atom stereocenters. The highest BCUT2D eigenvalue weighted by Crippen LogP contribution is 2.53. The standard InChI is InChI=1S/C34H43N3O4S/c1-41-33(38)20-26-6-5-9-32(26)34(24-35,27-7-3-2-4-8-27)28-16-18-36(19-17-28)21-25-22-37(23-25)29-10-12-30(13-11-29)42(39,40)31-14-15-31/h2-4,7-8,10-13,25-26,28,31-32H,5-6,9,14-23H2,1H3/t26-,32-,34?/m0/s1. The van der Waals surface area contributed by atoms with Gasteiger partial charge in [-0.25, -0.2) is 8.42 Å². The number of methoxy groups -OCH3 is 1. The van der Waals surface area contributed by atoms with Crippen LogP contribution in [0.1, 0.15) is 56.9 Å². The summed E-state index contributed by atoms with van der Waals surface area (Å²) in [5.74, 6) is 1.01. The average Bonchev–Trinajstić information content (AvgIpc) is 3.77. The molecule has 0 amide bonds. The number of piperidine rings is 1. The first-order chi connectivity index (χ1) is 20.3. The number of carbonyl (C=O) groups excluding carboxylic acids is 1. The molecule has 6 rings (SSSR count). The zero-order chi connectivity index (χ0) is 29.3. The van der Waals surface area contributed by atoms with Crippen molar-refractivity contribution in [2.75, 3.05) is 44.7 Å². The van der Waals surface area contributed by atoms with Crippen molar-refractivity contribution < 1.29 is 17.9 Å². The molecule has 8 heteroatoms. The van der Waals surface area contributed by atoms with E-state index < -0.39 is 15.3 Å². The number of carbonyl (C=O) groups is 1. The molecule has 7 nitrogen and oxygen atoms in total. The third kappa shape index (κ3) is 5.58. The average molecular weight is 590 g/mol. The predicted octanol–water partition coefficient (Wildman–Crippen LogP) is 5.21. The summed E-state index contributed by atoms with van der Waals surface area (Å²) in [4.78, 5) is 17.6. The van der Waals surface area contributed by atoms with Crippen LogP contribution in [-0.4, -0.2) is 64.4 Å². The first kappa shape index (κ1) is 29.2. The van der Waals surface area contributed by atoms with Crippen molar-refractivity contribution in [1.29, 1.82) is 5.26 Å². The molecule has 2 aromatic carbocycles. The van der Waals surface area contributed by atoms with Crippen LogP contribution in [0.25, 0.3) is 0 Å². The second-order valence-electron chi connectivity index (χ2n) is 13.0. The first-order valence-electron chi connectivity index (χ1n) is 15.7. The largest absolute Gasteiger partial charge is 0.469 e. The molecule has 2 aromatic rings. The van der Waals surface area contributed by atoms with Gasteiger partial charge >= 0.3 is 5.97 Å². The smallest absolute Gasteiger partial charge is 0.305 e. The van der Waals surface area contributed by atoms with Gasteiger partial charge in [0.1, 0.15) is 0 Å². The zero-order valence-electron chi connectivity index (χ0n) is 24.7. The lowest BCUT2D eigenvalue weighted by molar-refractivity contribution is -0.142. The second-order valence-corrected chi connectivity index (χ2v) is 15.2. The Hall–Kier alpha value is -2.89. The van der Waals surface area contributed by atoms with Gasteiger partial charge in [-0.3, -0.25) is 4.79 Å². The number of sulfone groups is 1. The highest BCUT2D eigenvalue weighted by molar-refractivity contribution is 7.92. The molecule has 4 aliphatic rings. The summed E-state index contributed by atoms with van der Waals surface area (Å²) >= 11 is 0. The van der Waals surface area contributed by atoms with Gasteiger partial charge in [0, 0.05) is 37.7 Å².